The van der Waals surface area contributed by atoms with Crippen LogP contribution in [0.25, 0.3) is 0 Å². The molecule has 0 bridgehead atoms. The van der Waals surface area contributed by atoms with Crippen LogP contribution in [-0.2, 0) is 9.59 Å². The molecule has 16 heavy (non-hydrogen) atoms. The molecule has 1 rings (SSSR count). The first kappa shape index (κ1) is 13.0. The molecule has 0 saturated carbocycles. The van der Waals surface area contributed by atoms with Gasteiger partial charge < -0.3 is 10.0 Å². The maximum absolute atomic E-state index is 11.2. The van der Waals surface area contributed by atoms with E-state index < -0.39 is 12.0 Å². The van der Waals surface area contributed by atoms with Crippen LogP contribution >= 0.6 is 0 Å². The van der Waals surface area contributed by atoms with E-state index in [1.165, 1.54) is 6.92 Å². The molecule has 1 fully saturated rings. The highest BCUT2D eigenvalue weighted by atomic mass is 16.4. The number of carbonyl (C=O) groups is 2. The van der Waals surface area contributed by atoms with Crippen LogP contribution in [0, 0.1) is 0 Å². The Morgan fingerprint density at radius 3 is 2.19 bits per heavy atom. The molecule has 1 heterocycles. The molecule has 1 saturated heterocycles. The number of aliphatic carboxylic acids is 1. The minimum atomic E-state index is -0.860. The molecule has 1 aliphatic rings. The van der Waals surface area contributed by atoms with Crippen LogP contribution in [0.5, 0.6) is 0 Å². The van der Waals surface area contributed by atoms with Crippen LogP contribution in [0.15, 0.2) is 0 Å². The first-order valence-corrected chi connectivity index (χ1v) is 5.48. The standard InChI is InChI=1S/C11H20N2O3/c1-8(14)12-5-6-13(11(2,3)4)9(7-12)10(15)16/h9H,5-7H2,1-4H3,(H,15,16)/t9-/m0/s1. The summed E-state index contributed by atoms with van der Waals surface area (Å²) in [7, 11) is 0. The fraction of sp³-hybridized carbons (Fsp3) is 0.818. The van der Waals surface area contributed by atoms with E-state index >= 15 is 0 Å². The van der Waals surface area contributed by atoms with Crippen molar-refractivity contribution in [2.24, 2.45) is 0 Å². The maximum atomic E-state index is 11.2. The lowest BCUT2D eigenvalue weighted by Gasteiger charge is -2.45. The predicted octanol–water partition coefficient (Wildman–Crippen LogP) is 0.402. The molecule has 0 aromatic rings. The van der Waals surface area contributed by atoms with Crippen molar-refractivity contribution in [3.63, 3.8) is 0 Å². The molecule has 0 radical (unpaired) electrons. The van der Waals surface area contributed by atoms with Gasteiger partial charge in [0.15, 0.2) is 0 Å². The first-order valence-electron chi connectivity index (χ1n) is 5.48. The van der Waals surface area contributed by atoms with Crippen molar-refractivity contribution in [2.75, 3.05) is 19.6 Å². The Morgan fingerprint density at radius 2 is 1.81 bits per heavy atom. The van der Waals surface area contributed by atoms with Gasteiger partial charge in [0.05, 0.1) is 0 Å². The van der Waals surface area contributed by atoms with Gasteiger partial charge in [0.25, 0.3) is 0 Å². The first-order chi connectivity index (χ1) is 7.23. The van der Waals surface area contributed by atoms with Crippen molar-refractivity contribution < 1.29 is 14.7 Å². The van der Waals surface area contributed by atoms with Crippen LogP contribution < -0.4 is 0 Å². The van der Waals surface area contributed by atoms with Gasteiger partial charge in [0.1, 0.15) is 6.04 Å². The van der Waals surface area contributed by atoms with Gasteiger partial charge in [-0.1, -0.05) is 0 Å². The van der Waals surface area contributed by atoms with Crippen LogP contribution in [0.2, 0.25) is 0 Å². The number of carboxylic acid groups (broad SMARTS) is 1. The molecule has 0 aromatic heterocycles. The number of hydrogen-bond donors (Lipinski definition) is 1. The normalized spacial score (nSPS) is 23.2. The Labute approximate surface area is 96.0 Å². The van der Waals surface area contributed by atoms with Crippen LogP contribution in [-0.4, -0.2) is 58.0 Å². The minimum Gasteiger partial charge on any atom is -0.480 e. The lowest BCUT2D eigenvalue weighted by molar-refractivity contribution is -0.151. The summed E-state index contributed by atoms with van der Waals surface area (Å²) < 4.78 is 0. The van der Waals surface area contributed by atoms with Gasteiger partial charge in [-0.2, -0.15) is 0 Å². The highest BCUT2D eigenvalue weighted by molar-refractivity contribution is 5.77. The van der Waals surface area contributed by atoms with E-state index in [1.54, 1.807) is 4.90 Å². The Morgan fingerprint density at radius 1 is 1.25 bits per heavy atom. The molecule has 1 N–H and O–H groups in total. The zero-order chi connectivity index (χ0) is 12.5. The van der Waals surface area contributed by atoms with Crippen molar-refractivity contribution in [1.29, 1.82) is 0 Å². The number of piperazine rings is 1. The van der Waals surface area contributed by atoms with E-state index in [9.17, 15) is 14.7 Å². The zero-order valence-corrected chi connectivity index (χ0v) is 10.4. The molecular formula is C11H20N2O3. The Kier molecular flexibility index (Phi) is 3.57. The third-order valence-electron chi connectivity index (χ3n) is 2.97. The van der Waals surface area contributed by atoms with Gasteiger partial charge in [-0.3, -0.25) is 14.5 Å². The van der Waals surface area contributed by atoms with E-state index in [4.69, 9.17) is 0 Å². The number of carbonyl (C=O) groups excluding carboxylic acids is 1. The van der Waals surface area contributed by atoms with Crippen LogP contribution in [0.4, 0.5) is 0 Å². The lowest BCUT2D eigenvalue weighted by atomic mass is 10.00. The minimum absolute atomic E-state index is 0.0557. The Hall–Kier alpha value is -1.10. The summed E-state index contributed by atoms with van der Waals surface area (Å²) in [5, 5.41) is 9.19. The second-order valence-corrected chi connectivity index (χ2v) is 5.18. The second-order valence-electron chi connectivity index (χ2n) is 5.18. The highest BCUT2D eigenvalue weighted by Crippen LogP contribution is 2.21. The topological polar surface area (TPSA) is 60.9 Å². The SMILES string of the molecule is CC(=O)N1CCN(C(C)(C)C)[C@H](C(=O)O)C1. The molecule has 5 heteroatoms. The summed E-state index contributed by atoms with van der Waals surface area (Å²) in [5.41, 5.74) is -0.189. The van der Waals surface area contributed by atoms with Crippen LogP contribution in [0.1, 0.15) is 27.7 Å². The van der Waals surface area contributed by atoms with E-state index in [1.807, 2.05) is 25.7 Å². The fourth-order valence-electron chi connectivity index (χ4n) is 2.08. The monoisotopic (exact) mass is 228 g/mol. The zero-order valence-electron chi connectivity index (χ0n) is 10.4. The summed E-state index contributed by atoms with van der Waals surface area (Å²) >= 11 is 0. The van der Waals surface area contributed by atoms with Crippen molar-refractivity contribution in [2.45, 2.75) is 39.3 Å². The van der Waals surface area contributed by atoms with Crippen molar-refractivity contribution in [3.8, 4) is 0 Å². The van der Waals surface area contributed by atoms with Gasteiger partial charge in [-0.25, -0.2) is 0 Å². The molecule has 1 atom stereocenters. The molecule has 0 spiro atoms. The van der Waals surface area contributed by atoms with Gasteiger partial charge >= 0.3 is 5.97 Å². The van der Waals surface area contributed by atoms with Gasteiger partial charge in [0.2, 0.25) is 5.91 Å². The van der Waals surface area contributed by atoms with Crippen molar-refractivity contribution in [1.82, 2.24) is 9.80 Å². The summed E-state index contributed by atoms with van der Waals surface area (Å²) in [6.07, 6.45) is 0. The number of nitrogens with zero attached hydrogens (tertiary/aromatic N) is 2. The molecular weight excluding hydrogens is 208 g/mol. The average Bonchev–Trinajstić information content (AvgIpc) is 2.15. The molecule has 0 aliphatic carbocycles. The number of hydrogen-bond acceptors (Lipinski definition) is 3. The van der Waals surface area contributed by atoms with Crippen molar-refractivity contribution >= 4 is 11.9 Å². The smallest absolute Gasteiger partial charge is 0.322 e. The molecule has 0 unspecified atom stereocenters. The summed E-state index contributed by atoms with van der Waals surface area (Å²) in [6.45, 7) is 8.95. The third-order valence-corrected chi connectivity index (χ3v) is 2.97. The van der Waals surface area contributed by atoms with E-state index in [-0.39, 0.29) is 18.0 Å². The summed E-state index contributed by atoms with van der Waals surface area (Å²) in [6, 6.07) is -0.599. The van der Waals surface area contributed by atoms with Gasteiger partial charge in [-0.05, 0) is 20.8 Å². The number of rotatable bonds is 1. The Balaban J connectivity index is 2.84. The van der Waals surface area contributed by atoms with Gasteiger partial charge in [0, 0.05) is 32.1 Å². The average molecular weight is 228 g/mol. The van der Waals surface area contributed by atoms with E-state index in [0.29, 0.717) is 13.1 Å². The van der Waals surface area contributed by atoms with E-state index in [2.05, 4.69) is 0 Å². The summed E-state index contributed by atoms with van der Waals surface area (Å²) in [4.78, 5) is 26.0. The molecule has 92 valence electrons. The fourth-order valence-corrected chi connectivity index (χ4v) is 2.08. The largest absolute Gasteiger partial charge is 0.480 e. The molecule has 1 aliphatic heterocycles. The lowest BCUT2D eigenvalue weighted by Crippen LogP contribution is -2.62. The molecule has 1 amide bonds. The number of amides is 1. The molecule has 5 nitrogen and oxygen atoms in total. The van der Waals surface area contributed by atoms with E-state index in [0.717, 1.165) is 0 Å². The summed E-state index contributed by atoms with van der Waals surface area (Å²) in [5.74, 6) is -0.916. The quantitative estimate of drug-likeness (QED) is 0.706. The molecule has 0 aromatic carbocycles. The highest BCUT2D eigenvalue weighted by Gasteiger charge is 2.38. The third kappa shape index (κ3) is 2.72. The van der Waals surface area contributed by atoms with Crippen molar-refractivity contribution in [3.05, 3.63) is 0 Å². The predicted molar refractivity (Wildman–Crippen MR) is 60.1 cm³/mol. The maximum Gasteiger partial charge on any atom is 0.322 e. The second kappa shape index (κ2) is 4.41. The van der Waals surface area contributed by atoms with Gasteiger partial charge in [-0.15, -0.1) is 0 Å². The Bertz CT molecular complexity index is 296. The van der Waals surface area contributed by atoms with Crippen LogP contribution in [0.3, 0.4) is 0 Å². The number of carboxylic acids is 1.